The van der Waals surface area contributed by atoms with Gasteiger partial charge in [-0.3, -0.25) is 0 Å². The summed E-state index contributed by atoms with van der Waals surface area (Å²) in [6, 6.07) is 9.60. The summed E-state index contributed by atoms with van der Waals surface area (Å²) in [6.45, 7) is 0. The highest BCUT2D eigenvalue weighted by molar-refractivity contribution is 5.93. The predicted molar refractivity (Wildman–Crippen MR) is 51.2 cm³/mol. The van der Waals surface area contributed by atoms with Crippen molar-refractivity contribution in [3.05, 3.63) is 47.1 Å². The van der Waals surface area contributed by atoms with Crippen LogP contribution in [-0.4, -0.2) is 9.56 Å². The average molecular weight is 186 g/mol. The molecule has 0 radical (unpaired) electrons. The molecule has 1 aromatic carbocycles. The van der Waals surface area contributed by atoms with Crippen molar-refractivity contribution in [2.45, 2.75) is 0 Å². The minimum atomic E-state index is -0.568. The Bertz CT molecular complexity index is 666. The fourth-order valence-electron chi connectivity index (χ4n) is 1.56. The monoisotopic (exact) mass is 186 g/mol. The van der Waals surface area contributed by atoms with Crippen LogP contribution in [0.15, 0.2) is 45.8 Å². The van der Waals surface area contributed by atoms with Gasteiger partial charge in [0.1, 0.15) is 0 Å². The van der Waals surface area contributed by atoms with E-state index in [1.165, 1.54) is 4.57 Å². The smallest absolute Gasteiger partial charge is 0.314 e. The number of hydrogen-bond donors (Lipinski definition) is 0. The molecular formula is C10H6N2O2. The second-order valence-electron chi connectivity index (χ2n) is 3.02. The van der Waals surface area contributed by atoms with Gasteiger partial charge in [0.25, 0.3) is 0 Å². The van der Waals surface area contributed by atoms with E-state index < -0.39 is 5.76 Å². The van der Waals surface area contributed by atoms with E-state index in [0.29, 0.717) is 5.65 Å². The number of benzene rings is 1. The van der Waals surface area contributed by atoms with Crippen LogP contribution in [0.3, 0.4) is 0 Å². The Morgan fingerprint density at radius 2 is 2.07 bits per heavy atom. The SMILES string of the molecule is O=c1nc2c3ccccc3ccn2o1. The zero-order chi connectivity index (χ0) is 9.54. The number of pyridine rings is 1. The highest BCUT2D eigenvalue weighted by Gasteiger charge is 2.03. The highest BCUT2D eigenvalue weighted by atomic mass is 16.5. The third-order valence-corrected chi connectivity index (χ3v) is 2.17. The molecule has 0 amide bonds. The Balaban J connectivity index is 2.66. The summed E-state index contributed by atoms with van der Waals surface area (Å²) in [5.74, 6) is -0.568. The number of rotatable bonds is 0. The van der Waals surface area contributed by atoms with E-state index in [-0.39, 0.29) is 0 Å². The Kier molecular flexibility index (Phi) is 1.28. The fourth-order valence-corrected chi connectivity index (χ4v) is 1.56. The zero-order valence-corrected chi connectivity index (χ0v) is 7.18. The molecular weight excluding hydrogens is 180 g/mol. The van der Waals surface area contributed by atoms with E-state index in [2.05, 4.69) is 4.98 Å². The fraction of sp³-hybridized carbons (Fsp3) is 0. The third-order valence-electron chi connectivity index (χ3n) is 2.17. The first-order valence-corrected chi connectivity index (χ1v) is 4.22. The first kappa shape index (κ1) is 7.32. The van der Waals surface area contributed by atoms with E-state index in [0.717, 1.165) is 10.8 Å². The Morgan fingerprint density at radius 1 is 1.21 bits per heavy atom. The topological polar surface area (TPSA) is 47.5 Å². The van der Waals surface area contributed by atoms with Crippen LogP contribution in [0.5, 0.6) is 0 Å². The van der Waals surface area contributed by atoms with Crippen molar-refractivity contribution in [3.8, 4) is 0 Å². The molecule has 68 valence electrons. The summed E-state index contributed by atoms with van der Waals surface area (Å²) in [7, 11) is 0. The van der Waals surface area contributed by atoms with E-state index in [4.69, 9.17) is 4.52 Å². The van der Waals surface area contributed by atoms with Crippen molar-refractivity contribution in [2.24, 2.45) is 0 Å². The Hall–Kier alpha value is -2.10. The van der Waals surface area contributed by atoms with Crippen LogP contribution in [0.25, 0.3) is 16.4 Å². The van der Waals surface area contributed by atoms with Crippen molar-refractivity contribution >= 4 is 16.4 Å². The highest BCUT2D eigenvalue weighted by Crippen LogP contribution is 2.16. The largest absolute Gasteiger partial charge is 0.460 e. The van der Waals surface area contributed by atoms with Gasteiger partial charge in [-0.25, -0.2) is 4.79 Å². The van der Waals surface area contributed by atoms with Crippen molar-refractivity contribution < 1.29 is 4.52 Å². The molecule has 0 unspecified atom stereocenters. The lowest BCUT2D eigenvalue weighted by atomic mass is 10.2. The lowest BCUT2D eigenvalue weighted by Gasteiger charge is -1.96. The molecule has 4 nitrogen and oxygen atoms in total. The van der Waals surface area contributed by atoms with Gasteiger partial charge in [0.2, 0.25) is 0 Å². The van der Waals surface area contributed by atoms with Crippen LogP contribution in [0.2, 0.25) is 0 Å². The van der Waals surface area contributed by atoms with Gasteiger partial charge in [0.05, 0.1) is 0 Å². The van der Waals surface area contributed by atoms with E-state index in [1.807, 2.05) is 30.3 Å². The molecule has 0 spiro atoms. The zero-order valence-electron chi connectivity index (χ0n) is 7.18. The molecule has 0 bridgehead atoms. The summed E-state index contributed by atoms with van der Waals surface area (Å²) >= 11 is 0. The molecule has 0 aliphatic rings. The van der Waals surface area contributed by atoms with Crippen molar-refractivity contribution in [1.29, 1.82) is 0 Å². The molecule has 3 rings (SSSR count). The van der Waals surface area contributed by atoms with Crippen LogP contribution in [-0.2, 0) is 0 Å². The molecule has 2 heterocycles. The van der Waals surface area contributed by atoms with Gasteiger partial charge in [0, 0.05) is 11.6 Å². The van der Waals surface area contributed by atoms with E-state index >= 15 is 0 Å². The molecule has 0 fully saturated rings. The van der Waals surface area contributed by atoms with Crippen LogP contribution < -0.4 is 5.76 Å². The molecule has 0 N–H and O–H groups in total. The summed E-state index contributed by atoms with van der Waals surface area (Å²) in [5.41, 5.74) is 0.563. The quantitative estimate of drug-likeness (QED) is 0.533. The molecule has 14 heavy (non-hydrogen) atoms. The first-order valence-electron chi connectivity index (χ1n) is 4.22. The molecule has 0 aliphatic heterocycles. The normalized spacial score (nSPS) is 11.1. The summed E-state index contributed by atoms with van der Waals surface area (Å²) in [4.78, 5) is 14.7. The predicted octanol–water partition coefficient (Wildman–Crippen LogP) is 1.44. The lowest BCUT2D eigenvalue weighted by molar-refractivity contribution is 0.345. The first-order chi connectivity index (χ1) is 6.84. The molecule has 4 heteroatoms. The molecule has 0 atom stereocenters. The number of aromatic nitrogens is 2. The van der Waals surface area contributed by atoms with E-state index in [9.17, 15) is 4.79 Å². The van der Waals surface area contributed by atoms with Crippen LogP contribution in [0.1, 0.15) is 0 Å². The maximum Gasteiger partial charge on any atom is 0.460 e. The Morgan fingerprint density at radius 3 is 3.00 bits per heavy atom. The molecule has 3 aromatic rings. The van der Waals surface area contributed by atoms with Gasteiger partial charge >= 0.3 is 5.76 Å². The third kappa shape index (κ3) is 0.877. The molecule has 0 aliphatic carbocycles. The molecule has 2 aromatic heterocycles. The Labute approximate surface area is 78.4 Å². The van der Waals surface area contributed by atoms with Gasteiger partial charge < -0.3 is 4.52 Å². The summed E-state index contributed by atoms with van der Waals surface area (Å²) in [6.07, 6.45) is 1.69. The van der Waals surface area contributed by atoms with Gasteiger partial charge in [0.15, 0.2) is 5.65 Å². The minimum absolute atomic E-state index is 0.563. The van der Waals surface area contributed by atoms with Crippen LogP contribution in [0, 0.1) is 0 Å². The maximum atomic E-state index is 10.9. The van der Waals surface area contributed by atoms with E-state index in [1.54, 1.807) is 6.20 Å². The molecule has 0 saturated heterocycles. The summed E-state index contributed by atoms with van der Waals surface area (Å²) in [5, 5.41) is 1.96. The lowest BCUT2D eigenvalue weighted by Crippen LogP contribution is -1.93. The van der Waals surface area contributed by atoms with Crippen LogP contribution >= 0.6 is 0 Å². The standard InChI is InChI=1S/C10H6N2O2/c13-10-11-9-8-4-2-1-3-7(8)5-6-12(9)14-10/h1-6H. The van der Waals surface area contributed by atoms with Gasteiger partial charge in [-0.15, -0.1) is 0 Å². The van der Waals surface area contributed by atoms with Gasteiger partial charge in [-0.1, -0.05) is 24.3 Å². The number of nitrogens with zero attached hydrogens (tertiary/aromatic N) is 2. The van der Waals surface area contributed by atoms with Crippen molar-refractivity contribution in [2.75, 3.05) is 0 Å². The molecule has 0 saturated carbocycles. The number of hydrogen-bond acceptors (Lipinski definition) is 3. The average Bonchev–Trinajstić information content (AvgIpc) is 2.59. The maximum absolute atomic E-state index is 10.9. The second kappa shape index (κ2) is 2.45. The summed E-state index contributed by atoms with van der Waals surface area (Å²) < 4.78 is 6.21. The van der Waals surface area contributed by atoms with Crippen molar-refractivity contribution in [1.82, 2.24) is 9.56 Å². The van der Waals surface area contributed by atoms with Crippen LogP contribution in [0.4, 0.5) is 0 Å². The number of fused-ring (bicyclic) bond motifs is 3. The van der Waals surface area contributed by atoms with Gasteiger partial charge in [-0.2, -0.15) is 9.56 Å². The second-order valence-corrected chi connectivity index (χ2v) is 3.02. The minimum Gasteiger partial charge on any atom is -0.314 e. The van der Waals surface area contributed by atoms with Crippen molar-refractivity contribution in [3.63, 3.8) is 0 Å². The van der Waals surface area contributed by atoms with Gasteiger partial charge in [-0.05, 0) is 11.5 Å².